The summed E-state index contributed by atoms with van der Waals surface area (Å²) in [5.74, 6) is 1.56. The number of aliphatic hydroxyl groups excluding tert-OH is 1. The van der Waals surface area contributed by atoms with Crippen LogP contribution in [-0.2, 0) is 30.3 Å². The Balaban J connectivity index is 0.00000118. The van der Waals surface area contributed by atoms with Crippen molar-refractivity contribution in [3.8, 4) is 12.3 Å². The number of hydrogen-bond donors (Lipinski definition) is 3. The van der Waals surface area contributed by atoms with Crippen LogP contribution in [0.2, 0.25) is 5.28 Å². The Morgan fingerprint density at radius 2 is 2.00 bits per heavy atom. The number of hydrogen-bond acceptors (Lipinski definition) is 11. The van der Waals surface area contributed by atoms with Crippen LogP contribution in [0.1, 0.15) is 24.6 Å². The number of imidazole rings is 1. The third kappa shape index (κ3) is 5.83. The molecule has 0 radical (unpaired) electrons. The molecule has 5 rings (SSSR count). The molecule has 1 saturated heterocycles. The van der Waals surface area contributed by atoms with Crippen molar-refractivity contribution < 1.29 is 39.2 Å². The first-order chi connectivity index (χ1) is 19.1. The number of aliphatic hydroxyl groups is 2. The van der Waals surface area contributed by atoms with Gasteiger partial charge in [0.1, 0.15) is 12.2 Å². The topological polar surface area (TPSA) is 177 Å². The SMILES string of the molecule is C#C[C@@]1(O)[C@@H](COC(Cc2ccccc2)C(=O)O)O[C@@H](n2cnc3c(N(C)C4CC4)nc(Cl)nc32)[C@@H]1O.O=C=O. The lowest BCUT2D eigenvalue weighted by molar-refractivity contribution is -0.191. The van der Waals surface area contributed by atoms with Crippen molar-refractivity contribution in [3.63, 3.8) is 0 Å². The van der Waals surface area contributed by atoms with E-state index in [1.165, 1.54) is 10.9 Å². The number of carbonyl (C=O) groups excluding carboxylic acids is 2. The molecular formula is C26H26ClN5O8. The molecule has 2 aromatic heterocycles. The number of rotatable bonds is 9. The summed E-state index contributed by atoms with van der Waals surface area (Å²) in [6, 6.07) is 9.33. The number of halogens is 1. The lowest BCUT2D eigenvalue weighted by atomic mass is 9.93. The molecule has 1 saturated carbocycles. The normalized spacial score (nSPS) is 24.4. The molecule has 0 bridgehead atoms. The number of carboxylic acids is 1. The van der Waals surface area contributed by atoms with E-state index < -0.39 is 36.1 Å². The summed E-state index contributed by atoms with van der Waals surface area (Å²) < 4.78 is 13.0. The van der Waals surface area contributed by atoms with Crippen LogP contribution >= 0.6 is 11.6 Å². The highest BCUT2D eigenvalue weighted by atomic mass is 35.5. The van der Waals surface area contributed by atoms with Gasteiger partial charge in [-0.1, -0.05) is 36.3 Å². The summed E-state index contributed by atoms with van der Waals surface area (Å²) in [5.41, 5.74) is -0.658. The number of anilines is 1. The van der Waals surface area contributed by atoms with Gasteiger partial charge in [0, 0.05) is 19.5 Å². The van der Waals surface area contributed by atoms with Crippen LogP contribution in [-0.4, -0.2) is 90.6 Å². The number of benzene rings is 1. The summed E-state index contributed by atoms with van der Waals surface area (Å²) in [6.07, 6.45) is 4.18. The molecule has 3 heterocycles. The van der Waals surface area contributed by atoms with E-state index >= 15 is 0 Å². The highest BCUT2D eigenvalue weighted by Crippen LogP contribution is 2.40. The fraction of sp³-hybridized carbons (Fsp3) is 0.423. The van der Waals surface area contributed by atoms with E-state index in [0.29, 0.717) is 23.0 Å². The molecule has 1 aliphatic heterocycles. The van der Waals surface area contributed by atoms with Crippen LogP contribution in [0.5, 0.6) is 0 Å². The number of fused-ring (bicyclic) bond motifs is 1. The zero-order valence-electron chi connectivity index (χ0n) is 21.3. The van der Waals surface area contributed by atoms with E-state index in [-0.39, 0.29) is 24.5 Å². The Morgan fingerprint density at radius 3 is 2.60 bits per heavy atom. The van der Waals surface area contributed by atoms with E-state index in [9.17, 15) is 20.1 Å². The first-order valence-corrected chi connectivity index (χ1v) is 12.6. The molecule has 3 N–H and O–H groups in total. The lowest BCUT2D eigenvalue weighted by Gasteiger charge is -2.26. The second kappa shape index (κ2) is 12.1. The third-order valence-electron chi connectivity index (χ3n) is 6.81. The number of carbonyl (C=O) groups is 1. The van der Waals surface area contributed by atoms with Gasteiger partial charge in [-0.05, 0) is 30.0 Å². The van der Waals surface area contributed by atoms with Crippen molar-refractivity contribution in [2.45, 2.75) is 55.4 Å². The summed E-state index contributed by atoms with van der Waals surface area (Å²) in [4.78, 5) is 43.1. The van der Waals surface area contributed by atoms with E-state index in [0.717, 1.165) is 18.4 Å². The predicted molar refractivity (Wildman–Crippen MR) is 138 cm³/mol. The van der Waals surface area contributed by atoms with Crippen LogP contribution in [0, 0.1) is 12.3 Å². The highest BCUT2D eigenvalue weighted by molar-refractivity contribution is 6.28. The first kappa shape index (κ1) is 29.1. The number of carboxylic acid groups (broad SMARTS) is 1. The molecule has 13 nitrogen and oxygen atoms in total. The number of terminal acetylenes is 1. The van der Waals surface area contributed by atoms with Gasteiger partial charge in [-0.25, -0.2) is 9.78 Å². The van der Waals surface area contributed by atoms with Crippen molar-refractivity contribution in [2.24, 2.45) is 0 Å². The second-order valence-electron chi connectivity index (χ2n) is 9.35. The zero-order chi connectivity index (χ0) is 29.0. The van der Waals surface area contributed by atoms with Gasteiger partial charge >= 0.3 is 12.1 Å². The van der Waals surface area contributed by atoms with Gasteiger partial charge in [-0.3, -0.25) is 4.57 Å². The van der Waals surface area contributed by atoms with E-state index in [2.05, 4.69) is 20.9 Å². The molecule has 1 aromatic carbocycles. The predicted octanol–water partition coefficient (Wildman–Crippen LogP) is 0.830. The lowest BCUT2D eigenvalue weighted by Crippen LogP contribution is -2.48. The minimum Gasteiger partial charge on any atom is -0.479 e. The number of nitrogens with zero attached hydrogens (tertiary/aromatic N) is 5. The molecule has 3 aromatic rings. The summed E-state index contributed by atoms with van der Waals surface area (Å²) >= 11 is 6.21. The molecule has 2 aliphatic rings. The number of aromatic nitrogens is 4. The standard InChI is InChI=1S/C25H26ClN5O6.CO2/c1-3-25(35)17(12-36-16(23(33)34)11-14-7-5-4-6-8-14)37-22(19(25)32)31-13-27-18-20(30(2)15-9-10-15)28-24(26)29-21(18)31;2-1-3/h1,4-8,13,15-17,19,22,32,35H,9-12H2,2H3,(H,33,34);/t16?,17-,19+,22-,25-;/m1./s1. The Hall–Kier alpha value is -3.89. The molecule has 1 unspecified atom stereocenters. The van der Waals surface area contributed by atoms with Crippen LogP contribution in [0.25, 0.3) is 11.2 Å². The molecule has 40 heavy (non-hydrogen) atoms. The van der Waals surface area contributed by atoms with E-state index in [1.54, 1.807) is 24.3 Å². The summed E-state index contributed by atoms with van der Waals surface area (Å²) in [5, 5.41) is 31.8. The van der Waals surface area contributed by atoms with Crippen molar-refractivity contribution in [3.05, 3.63) is 47.5 Å². The summed E-state index contributed by atoms with van der Waals surface area (Å²) in [7, 11) is 1.90. The van der Waals surface area contributed by atoms with E-state index in [4.69, 9.17) is 37.1 Å². The molecule has 1 aliphatic carbocycles. The minimum absolute atomic E-state index is 0.0125. The molecule has 5 atom stereocenters. The Morgan fingerprint density at radius 1 is 1.32 bits per heavy atom. The quantitative estimate of drug-likeness (QED) is 0.244. The number of aliphatic carboxylic acids is 1. The van der Waals surface area contributed by atoms with Crippen molar-refractivity contribution in [1.82, 2.24) is 19.5 Å². The van der Waals surface area contributed by atoms with Gasteiger partial charge in [0.2, 0.25) is 5.28 Å². The second-order valence-corrected chi connectivity index (χ2v) is 9.68. The smallest absolute Gasteiger partial charge is 0.373 e. The molecule has 0 amide bonds. The average molecular weight is 572 g/mol. The van der Waals surface area contributed by atoms with Crippen molar-refractivity contribution in [1.29, 1.82) is 0 Å². The van der Waals surface area contributed by atoms with Crippen molar-refractivity contribution >= 4 is 40.7 Å². The first-order valence-electron chi connectivity index (χ1n) is 12.2. The molecular weight excluding hydrogens is 546 g/mol. The van der Waals surface area contributed by atoms with Crippen LogP contribution in [0.15, 0.2) is 36.7 Å². The zero-order valence-corrected chi connectivity index (χ0v) is 22.0. The average Bonchev–Trinajstić information content (AvgIpc) is 3.66. The van der Waals surface area contributed by atoms with Gasteiger partial charge in [-0.2, -0.15) is 19.6 Å². The molecule has 210 valence electrons. The Labute approximate surface area is 233 Å². The maximum atomic E-state index is 11.8. The molecule has 0 spiro atoms. The van der Waals surface area contributed by atoms with Gasteiger partial charge < -0.3 is 29.7 Å². The fourth-order valence-electron chi connectivity index (χ4n) is 4.51. The molecule has 2 fully saturated rings. The van der Waals surface area contributed by atoms with Gasteiger partial charge in [-0.15, -0.1) is 6.42 Å². The maximum Gasteiger partial charge on any atom is 0.373 e. The Kier molecular flexibility index (Phi) is 8.80. The van der Waals surface area contributed by atoms with Crippen LogP contribution in [0.3, 0.4) is 0 Å². The van der Waals surface area contributed by atoms with Crippen molar-refractivity contribution in [2.75, 3.05) is 18.6 Å². The monoisotopic (exact) mass is 571 g/mol. The largest absolute Gasteiger partial charge is 0.479 e. The Bertz CT molecular complexity index is 1440. The van der Waals surface area contributed by atoms with Crippen LogP contribution in [0.4, 0.5) is 5.82 Å². The van der Waals surface area contributed by atoms with E-state index in [1.807, 2.05) is 18.0 Å². The minimum atomic E-state index is -2.17. The maximum absolute atomic E-state index is 11.8. The number of ether oxygens (including phenoxy) is 2. The molecule has 14 heteroatoms. The van der Waals surface area contributed by atoms with Crippen LogP contribution < -0.4 is 4.90 Å². The fourth-order valence-corrected chi connectivity index (χ4v) is 4.67. The van der Waals surface area contributed by atoms with Gasteiger partial charge in [0.05, 0.1) is 12.9 Å². The van der Waals surface area contributed by atoms with Gasteiger partial charge in [0.15, 0.2) is 34.9 Å². The summed E-state index contributed by atoms with van der Waals surface area (Å²) in [6.45, 7) is -0.379. The third-order valence-corrected chi connectivity index (χ3v) is 6.98. The van der Waals surface area contributed by atoms with Gasteiger partial charge in [0.25, 0.3) is 0 Å². The highest BCUT2D eigenvalue weighted by Gasteiger charge is 2.56.